The number of benzene rings is 2. The van der Waals surface area contributed by atoms with Crippen LogP contribution in [0, 0.1) is 0 Å². The summed E-state index contributed by atoms with van der Waals surface area (Å²) >= 11 is 6.50. The monoisotopic (exact) mass is 667 g/mol. The third kappa shape index (κ3) is 6.80. The molecule has 0 radical (unpaired) electrons. The zero-order valence-corrected chi connectivity index (χ0v) is 25.2. The number of aryl methyl sites for hydroxylation is 2. The molecule has 0 aliphatic carbocycles. The minimum Gasteiger partial charge on any atom is -0.478 e. The van der Waals surface area contributed by atoms with Crippen molar-refractivity contribution >= 4 is 52.4 Å². The molecule has 18 heteroatoms. The number of carbonyl (C=O) groups is 4. The number of aromatic carboxylic acids is 2. The maximum Gasteiger partial charge on any atom is 0.337 e. The summed E-state index contributed by atoms with van der Waals surface area (Å²) in [6.45, 7) is 0. The van der Waals surface area contributed by atoms with Crippen molar-refractivity contribution in [3.63, 3.8) is 0 Å². The van der Waals surface area contributed by atoms with Gasteiger partial charge in [0.25, 0.3) is 11.8 Å². The highest BCUT2D eigenvalue weighted by atomic mass is 35.5. The number of nitrogens with one attached hydrogen (secondary N) is 2. The molecule has 0 fully saturated rings. The van der Waals surface area contributed by atoms with E-state index in [-0.39, 0.29) is 38.9 Å². The molecule has 0 bridgehead atoms. The lowest BCUT2D eigenvalue weighted by Gasteiger charge is -2.13. The predicted octanol–water partition coefficient (Wildman–Crippen LogP) is 3.22. The molecule has 0 saturated heterocycles. The van der Waals surface area contributed by atoms with Crippen LogP contribution in [0.25, 0.3) is 11.5 Å². The second kappa shape index (κ2) is 13.4. The fraction of sp³-hybridized carbons (Fsp3) is 0.100. The summed E-state index contributed by atoms with van der Waals surface area (Å²) in [6, 6.07) is 13.2. The number of halogens is 1. The van der Waals surface area contributed by atoms with Crippen LogP contribution in [-0.4, -0.2) is 79.0 Å². The van der Waals surface area contributed by atoms with Crippen LogP contribution in [0.5, 0.6) is 0 Å². The van der Waals surface area contributed by atoms with Crippen LogP contribution in [0.1, 0.15) is 59.2 Å². The Labute approximate surface area is 274 Å². The summed E-state index contributed by atoms with van der Waals surface area (Å²) < 4.78 is 2.67. The van der Waals surface area contributed by atoms with Gasteiger partial charge < -0.3 is 20.8 Å². The first-order valence-electron chi connectivity index (χ1n) is 14.1. The van der Waals surface area contributed by atoms with Crippen molar-refractivity contribution in [1.82, 2.24) is 45.0 Å². The Balaban J connectivity index is 1.13. The second-order valence-electron chi connectivity index (χ2n) is 10.2. The topological polar surface area (TPSA) is 232 Å². The number of imidazole rings is 1. The molecule has 2 amide bonds. The molecular formula is C30H22ClN11O6. The van der Waals surface area contributed by atoms with Gasteiger partial charge in [0.15, 0.2) is 22.9 Å². The van der Waals surface area contributed by atoms with E-state index in [2.05, 4.69) is 46.4 Å². The van der Waals surface area contributed by atoms with Gasteiger partial charge in [-0.25, -0.2) is 14.6 Å². The van der Waals surface area contributed by atoms with Crippen molar-refractivity contribution < 1.29 is 29.4 Å². The van der Waals surface area contributed by atoms with E-state index in [9.17, 15) is 29.4 Å². The molecule has 0 saturated carbocycles. The summed E-state index contributed by atoms with van der Waals surface area (Å²) in [7, 11) is 0. The molecule has 6 aromatic rings. The summed E-state index contributed by atoms with van der Waals surface area (Å²) in [6.07, 6.45) is 6.05. The zero-order chi connectivity index (χ0) is 33.8. The number of fused-ring (bicyclic) bond motifs is 1. The molecule has 2 aromatic carbocycles. The van der Waals surface area contributed by atoms with E-state index in [0.717, 1.165) is 4.63 Å². The fourth-order valence-corrected chi connectivity index (χ4v) is 4.99. The van der Waals surface area contributed by atoms with Gasteiger partial charge in [0, 0.05) is 17.4 Å². The van der Waals surface area contributed by atoms with Crippen LogP contribution >= 0.6 is 11.6 Å². The Morgan fingerprint density at radius 1 is 0.792 bits per heavy atom. The molecule has 4 N–H and O–H groups in total. The number of hydrogen-bond donors (Lipinski definition) is 4. The van der Waals surface area contributed by atoms with Gasteiger partial charge >= 0.3 is 11.9 Å². The average Bonchev–Trinajstić information content (AvgIpc) is 3.78. The number of carboxylic acid groups (broad SMARTS) is 2. The lowest BCUT2D eigenvalue weighted by Crippen LogP contribution is -2.18. The zero-order valence-electron chi connectivity index (χ0n) is 24.5. The van der Waals surface area contributed by atoms with Gasteiger partial charge in [-0.05, 0) is 89.3 Å². The highest BCUT2D eigenvalue weighted by Gasteiger charge is 2.19. The van der Waals surface area contributed by atoms with Gasteiger partial charge in [-0.1, -0.05) is 17.7 Å². The number of tetrazole rings is 1. The molecule has 0 atom stereocenters. The van der Waals surface area contributed by atoms with Gasteiger partial charge in [-0.2, -0.15) is 0 Å². The number of hydrogen-bond acceptors (Lipinski definition) is 11. The molecule has 17 nitrogen and oxygen atoms in total. The molecule has 240 valence electrons. The lowest BCUT2D eigenvalue weighted by molar-refractivity contribution is 0.0686. The van der Waals surface area contributed by atoms with E-state index < -0.39 is 23.8 Å². The number of nitrogens with zero attached hydrogens (tertiary/aromatic N) is 9. The molecule has 0 spiro atoms. The Morgan fingerprint density at radius 2 is 1.54 bits per heavy atom. The molecule has 6 rings (SSSR count). The first kappa shape index (κ1) is 31.4. The largest absolute Gasteiger partial charge is 0.478 e. The van der Waals surface area contributed by atoms with Crippen LogP contribution in [0.3, 0.4) is 0 Å². The number of anilines is 2. The van der Waals surface area contributed by atoms with Crippen LogP contribution in [0.15, 0.2) is 73.3 Å². The molecule has 4 aromatic heterocycles. The van der Waals surface area contributed by atoms with E-state index in [1.165, 1.54) is 42.7 Å². The second-order valence-corrected chi connectivity index (χ2v) is 10.6. The van der Waals surface area contributed by atoms with Gasteiger partial charge in [-0.15, -0.1) is 25.0 Å². The molecule has 4 heterocycles. The molecule has 48 heavy (non-hydrogen) atoms. The standard InChI is InChI=1S/C30H22ClN11O6/c31-20-14-24(34-28(44)22-7-9-26-37-39-40-42(26)38-22)19(30(47)48)13-17(20)3-1-2-16-4-5-18(29(45)46)23(12-16)33-27(43)21-6-8-25(36-35-21)41-11-10-32-15-41/h4-15H,1-3H2,(H,33,43)(H,34,44)(H,45,46)(H,47,48). The van der Waals surface area contributed by atoms with E-state index in [0.29, 0.717) is 41.9 Å². The van der Waals surface area contributed by atoms with Crippen LogP contribution in [-0.2, 0) is 12.8 Å². The first-order valence-corrected chi connectivity index (χ1v) is 14.5. The van der Waals surface area contributed by atoms with Crippen molar-refractivity contribution in [2.75, 3.05) is 10.6 Å². The van der Waals surface area contributed by atoms with Crippen molar-refractivity contribution in [3.8, 4) is 5.82 Å². The number of aromatic nitrogens is 9. The molecule has 0 aliphatic rings. The number of carboxylic acids is 2. The van der Waals surface area contributed by atoms with Crippen molar-refractivity contribution in [3.05, 3.63) is 112 Å². The Bertz CT molecular complexity index is 2190. The van der Waals surface area contributed by atoms with Gasteiger partial charge in [-0.3, -0.25) is 14.2 Å². The molecule has 0 aliphatic heterocycles. The van der Waals surface area contributed by atoms with Crippen LogP contribution in [0.4, 0.5) is 11.4 Å². The SMILES string of the molecule is O=C(Nc1cc(CCCc2cc(C(=O)O)c(NC(=O)c3ccc4nnnn4n3)cc2Cl)ccc1C(=O)O)c1ccc(-n2ccnc2)nn1. The maximum absolute atomic E-state index is 12.9. The lowest BCUT2D eigenvalue weighted by atomic mass is 9.99. The molecular weight excluding hydrogens is 646 g/mol. The summed E-state index contributed by atoms with van der Waals surface area (Å²) in [5.41, 5.74) is 1.25. The highest BCUT2D eigenvalue weighted by molar-refractivity contribution is 6.32. The maximum atomic E-state index is 12.9. The Hall–Kier alpha value is -6.62. The van der Waals surface area contributed by atoms with E-state index >= 15 is 0 Å². The summed E-state index contributed by atoms with van der Waals surface area (Å²) in [5.74, 6) is -3.40. The van der Waals surface area contributed by atoms with Crippen molar-refractivity contribution in [1.29, 1.82) is 0 Å². The van der Waals surface area contributed by atoms with E-state index in [1.807, 2.05) is 0 Å². The Morgan fingerprint density at radius 3 is 2.25 bits per heavy atom. The minimum atomic E-state index is -1.28. The predicted molar refractivity (Wildman–Crippen MR) is 167 cm³/mol. The summed E-state index contributed by atoms with van der Waals surface area (Å²) in [4.78, 5) is 53.6. The minimum absolute atomic E-state index is 0.0195. The first-order chi connectivity index (χ1) is 23.2. The number of amides is 2. The third-order valence-electron chi connectivity index (χ3n) is 7.09. The number of carbonyl (C=O) groups excluding carboxylic acids is 2. The van der Waals surface area contributed by atoms with Crippen molar-refractivity contribution in [2.24, 2.45) is 0 Å². The summed E-state index contributed by atoms with van der Waals surface area (Å²) in [5, 5.41) is 47.7. The number of rotatable bonds is 11. The normalized spacial score (nSPS) is 10.9. The van der Waals surface area contributed by atoms with Gasteiger partial charge in [0.1, 0.15) is 6.33 Å². The van der Waals surface area contributed by atoms with Crippen LogP contribution < -0.4 is 10.6 Å². The highest BCUT2D eigenvalue weighted by Crippen LogP contribution is 2.28. The Kier molecular flexibility index (Phi) is 8.75. The fourth-order valence-electron chi connectivity index (χ4n) is 4.73. The van der Waals surface area contributed by atoms with Crippen LogP contribution in [0.2, 0.25) is 5.02 Å². The van der Waals surface area contributed by atoms with E-state index in [4.69, 9.17) is 11.6 Å². The molecule has 0 unspecified atom stereocenters. The average molecular weight is 668 g/mol. The third-order valence-corrected chi connectivity index (χ3v) is 7.45. The van der Waals surface area contributed by atoms with E-state index in [1.54, 1.807) is 35.2 Å². The van der Waals surface area contributed by atoms with Gasteiger partial charge in [0.2, 0.25) is 0 Å². The quantitative estimate of drug-likeness (QED) is 0.156. The van der Waals surface area contributed by atoms with Crippen molar-refractivity contribution in [2.45, 2.75) is 19.3 Å². The smallest absolute Gasteiger partial charge is 0.337 e. The van der Waals surface area contributed by atoms with Gasteiger partial charge in [0.05, 0.1) is 22.5 Å².